The van der Waals surface area contributed by atoms with Gasteiger partial charge in [-0.1, -0.05) is 29.0 Å². The summed E-state index contributed by atoms with van der Waals surface area (Å²) >= 11 is 7.65. The molecule has 3 rings (SSSR count). The standard InChI is InChI=1S/C12H8ClN3S/c13-7-3-1-4-8(14)10(7)12-16-9-5-2-6-15-11(9)17-12/h1-6H,14H2. The van der Waals surface area contributed by atoms with E-state index in [1.807, 2.05) is 30.3 Å². The fraction of sp³-hybridized carbons (Fsp3) is 0. The molecule has 0 radical (unpaired) electrons. The van der Waals surface area contributed by atoms with E-state index in [0.29, 0.717) is 10.7 Å². The second-order valence-electron chi connectivity index (χ2n) is 3.55. The second-order valence-corrected chi connectivity index (χ2v) is 4.94. The first-order chi connectivity index (χ1) is 8.25. The average Bonchev–Trinajstić information content (AvgIpc) is 2.71. The smallest absolute Gasteiger partial charge is 0.143 e. The fourth-order valence-electron chi connectivity index (χ4n) is 1.64. The molecular formula is C12H8ClN3S. The summed E-state index contributed by atoms with van der Waals surface area (Å²) in [6.07, 6.45) is 1.75. The first-order valence-electron chi connectivity index (χ1n) is 5.01. The number of halogens is 1. The first kappa shape index (κ1) is 10.5. The molecule has 2 N–H and O–H groups in total. The zero-order chi connectivity index (χ0) is 11.8. The minimum Gasteiger partial charge on any atom is -0.398 e. The third-order valence-electron chi connectivity index (χ3n) is 2.43. The molecule has 84 valence electrons. The molecule has 2 aromatic heterocycles. The molecule has 3 nitrogen and oxygen atoms in total. The van der Waals surface area contributed by atoms with E-state index in [1.165, 1.54) is 11.3 Å². The van der Waals surface area contributed by atoms with Gasteiger partial charge in [0.2, 0.25) is 0 Å². The van der Waals surface area contributed by atoms with Crippen LogP contribution >= 0.6 is 22.9 Å². The van der Waals surface area contributed by atoms with Crippen LogP contribution in [0.3, 0.4) is 0 Å². The predicted octanol–water partition coefficient (Wildman–Crippen LogP) is 3.59. The Balaban J connectivity index is 2.27. The van der Waals surface area contributed by atoms with E-state index in [4.69, 9.17) is 17.3 Å². The number of rotatable bonds is 1. The van der Waals surface area contributed by atoms with E-state index in [0.717, 1.165) is 20.9 Å². The maximum Gasteiger partial charge on any atom is 0.143 e. The molecule has 0 bridgehead atoms. The van der Waals surface area contributed by atoms with Crippen LogP contribution in [-0.4, -0.2) is 9.97 Å². The van der Waals surface area contributed by atoms with Gasteiger partial charge in [-0.25, -0.2) is 9.97 Å². The number of nitrogen functional groups attached to an aromatic ring is 1. The molecular weight excluding hydrogens is 254 g/mol. The molecule has 0 aliphatic rings. The van der Waals surface area contributed by atoms with Crippen molar-refractivity contribution in [2.45, 2.75) is 0 Å². The number of anilines is 1. The minimum atomic E-state index is 0.615. The molecule has 0 saturated heterocycles. The monoisotopic (exact) mass is 261 g/mol. The van der Waals surface area contributed by atoms with Gasteiger partial charge in [0.15, 0.2) is 0 Å². The summed E-state index contributed by atoms with van der Waals surface area (Å²) in [6, 6.07) is 9.25. The van der Waals surface area contributed by atoms with Crippen molar-refractivity contribution < 1.29 is 0 Å². The molecule has 0 aliphatic heterocycles. The van der Waals surface area contributed by atoms with Gasteiger partial charge in [0, 0.05) is 11.9 Å². The SMILES string of the molecule is Nc1cccc(Cl)c1-c1nc2cccnc2s1. The maximum atomic E-state index is 6.16. The molecule has 2 heterocycles. The summed E-state index contributed by atoms with van der Waals surface area (Å²) < 4.78 is 0. The highest BCUT2D eigenvalue weighted by atomic mass is 35.5. The van der Waals surface area contributed by atoms with Gasteiger partial charge in [0.25, 0.3) is 0 Å². The van der Waals surface area contributed by atoms with Crippen molar-refractivity contribution in [2.24, 2.45) is 0 Å². The third kappa shape index (κ3) is 1.75. The number of benzene rings is 1. The highest BCUT2D eigenvalue weighted by Gasteiger charge is 2.12. The van der Waals surface area contributed by atoms with Gasteiger partial charge in [0.1, 0.15) is 15.4 Å². The molecule has 3 aromatic rings. The molecule has 1 aromatic carbocycles. The number of hydrogen-bond acceptors (Lipinski definition) is 4. The Labute approximate surface area is 107 Å². The second kappa shape index (κ2) is 3.98. The van der Waals surface area contributed by atoms with Crippen LogP contribution in [0.15, 0.2) is 36.5 Å². The summed E-state index contributed by atoms with van der Waals surface area (Å²) in [5.41, 5.74) is 8.23. The van der Waals surface area contributed by atoms with E-state index in [-0.39, 0.29) is 0 Å². The topological polar surface area (TPSA) is 51.8 Å². The van der Waals surface area contributed by atoms with Crippen molar-refractivity contribution in [1.82, 2.24) is 9.97 Å². The molecule has 0 unspecified atom stereocenters. The Kier molecular flexibility index (Phi) is 2.46. The molecule has 0 spiro atoms. The Morgan fingerprint density at radius 3 is 2.82 bits per heavy atom. The summed E-state index contributed by atoms with van der Waals surface area (Å²) in [5, 5.41) is 1.42. The number of fused-ring (bicyclic) bond motifs is 1. The van der Waals surface area contributed by atoms with Crippen LogP contribution in [0.1, 0.15) is 0 Å². The van der Waals surface area contributed by atoms with E-state index in [2.05, 4.69) is 9.97 Å². The van der Waals surface area contributed by atoms with Crippen LogP contribution in [0, 0.1) is 0 Å². The van der Waals surface area contributed by atoms with Crippen LogP contribution in [0.5, 0.6) is 0 Å². The molecule has 0 aliphatic carbocycles. The van der Waals surface area contributed by atoms with Gasteiger partial charge in [-0.15, -0.1) is 0 Å². The van der Waals surface area contributed by atoms with Crippen LogP contribution in [-0.2, 0) is 0 Å². The number of nitrogens with two attached hydrogens (primary N) is 1. The quantitative estimate of drug-likeness (QED) is 0.681. The number of hydrogen-bond donors (Lipinski definition) is 1. The molecule has 0 saturated carbocycles. The Bertz CT molecular complexity index is 640. The summed E-state index contributed by atoms with van der Waals surface area (Å²) in [4.78, 5) is 9.65. The van der Waals surface area contributed by atoms with Crippen LogP contribution in [0.25, 0.3) is 20.9 Å². The van der Waals surface area contributed by atoms with Gasteiger partial charge in [-0.2, -0.15) is 0 Å². The lowest BCUT2D eigenvalue weighted by molar-refractivity contribution is 1.41. The maximum absolute atomic E-state index is 6.16. The molecule has 0 atom stereocenters. The molecule has 0 fully saturated rings. The number of pyridine rings is 1. The van der Waals surface area contributed by atoms with E-state index in [9.17, 15) is 0 Å². The highest BCUT2D eigenvalue weighted by Crippen LogP contribution is 2.37. The van der Waals surface area contributed by atoms with Gasteiger partial charge < -0.3 is 5.73 Å². The average molecular weight is 262 g/mol. The van der Waals surface area contributed by atoms with E-state index < -0.39 is 0 Å². The number of aromatic nitrogens is 2. The minimum absolute atomic E-state index is 0.615. The first-order valence-corrected chi connectivity index (χ1v) is 6.21. The Hall–Kier alpha value is -1.65. The third-order valence-corrected chi connectivity index (χ3v) is 3.74. The van der Waals surface area contributed by atoms with Crippen molar-refractivity contribution >= 4 is 39.0 Å². The summed E-state index contributed by atoms with van der Waals surface area (Å²) in [7, 11) is 0. The molecule has 0 amide bonds. The predicted molar refractivity (Wildman–Crippen MR) is 72.3 cm³/mol. The zero-order valence-electron chi connectivity index (χ0n) is 8.72. The lowest BCUT2D eigenvalue weighted by Crippen LogP contribution is -1.89. The lowest BCUT2D eigenvalue weighted by atomic mass is 10.2. The lowest BCUT2D eigenvalue weighted by Gasteiger charge is -2.03. The van der Waals surface area contributed by atoms with Gasteiger partial charge >= 0.3 is 0 Å². The van der Waals surface area contributed by atoms with Gasteiger partial charge in [-0.3, -0.25) is 0 Å². The number of nitrogens with zero attached hydrogens (tertiary/aromatic N) is 2. The van der Waals surface area contributed by atoms with Crippen molar-refractivity contribution in [3.63, 3.8) is 0 Å². The summed E-state index contributed by atoms with van der Waals surface area (Å²) in [6.45, 7) is 0. The zero-order valence-corrected chi connectivity index (χ0v) is 10.3. The largest absolute Gasteiger partial charge is 0.398 e. The summed E-state index contributed by atoms with van der Waals surface area (Å²) in [5.74, 6) is 0. The van der Waals surface area contributed by atoms with E-state index >= 15 is 0 Å². The van der Waals surface area contributed by atoms with Crippen molar-refractivity contribution in [2.75, 3.05) is 5.73 Å². The molecule has 17 heavy (non-hydrogen) atoms. The Morgan fingerprint density at radius 1 is 1.18 bits per heavy atom. The van der Waals surface area contributed by atoms with E-state index in [1.54, 1.807) is 6.20 Å². The van der Waals surface area contributed by atoms with Crippen LogP contribution in [0.2, 0.25) is 5.02 Å². The van der Waals surface area contributed by atoms with Gasteiger partial charge in [-0.05, 0) is 24.3 Å². The van der Waals surface area contributed by atoms with Crippen molar-refractivity contribution in [1.29, 1.82) is 0 Å². The molecule has 5 heteroatoms. The normalized spacial score (nSPS) is 10.9. The fourth-order valence-corrected chi connectivity index (χ4v) is 2.96. The van der Waals surface area contributed by atoms with Gasteiger partial charge in [0.05, 0.1) is 10.6 Å². The van der Waals surface area contributed by atoms with Crippen molar-refractivity contribution in [3.8, 4) is 10.6 Å². The van der Waals surface area contributed by atoms with Crippen LogP contribution in [0.4, 0.5) is 5.69 Å². The Morgan fingerprint density at radius 2 is 2.06 bits per heavy atom. The number of thiazole rings is 1. The van der Waals surface area contributed by atoms with Crippen molar-refractivity contribution in [3.05, 3.63) is 41.6 Å². The highest BCUT2D eigenvalue weighted by molar-refractivity contribution is 7.21. The van der Waals surface area contributed by atoms with Crippen LogP contribution < -0.4 is 5.73 Å².